The van der Waals surface area contributed by atoms with E-state index < -0.39 is 5.97 Å². The number of nitrogens with two attached hydrogens (primary N) is 1. The van der Waals surface area contributed by atoms with Crippen molar-refractivity contribution in [3.63, 3.8) is 0 Å². The average Bonchev–Trinajstić information content (AvgIpc) is 2.28. The summed E-state index contributed by atoms with van der Waals surface area (Å²) < 4.78 is 0. The molecule has 0 bridgehead atoms. The minimum absolute atomic E-state index is 0.0929. The molecule has 16 heavy (non-hydrogen) atoms. The highest BCUT2D eigenvalue weighted by Crippen LogP contribution is 2.49. The van der Waals surface area contributed by atoms with Crippen LogP contribution in [0.1, 0.15) is 51.4 Å². The van der Waals surface area contributed by atoms with Crippen molar-refractivity contribution in [3.8, 4) is 0 Å². The first kappa shape index (κ1) is 11.9. The van der Waals surface area contributed by atoms with Gasteiger partial charge in [-0.15, -0.1) is 0 Å². The van der Waals surface area contributed by atoms with Crippen molar-refractivity contribution in [1.82, 2.24) is 0 Å². The molecule has 3 atom stereocenters. The van der Waals surface area contributed by atoms with Crippen LogP contribution in [0.2, 0.25) is 0 Å². The zero-order valence-corrected chi connectivity index (χ0v) is 9.95. The van der Waals surface area contributed by atoms with Crippen LogP contribution in [0.15, 0.2) is 0 Å². The standard InChI is InChI=1S/C13H23NO2/c14-9-13(8-12(15)16)6-5-10-3-1-2-4-11(10)7-13/h10-11H,1-9,14H2,(H,15,16)/t10?,11-,13-/m1/s1. The van der Waals surface area contributed by atoms with Crippen molar-refractivity contribution >= 4 is 5.97 Å². The van der Waals surface area contributed by atoms with E-state index in [1.807, 2.05) is 0 Å². The molecule has 0 amide bonds. The van der Waals surface area contributed by atoms with Crippen LogP contribution in [-0.2, 0) is 4.79 Å². The predicted molar refractivity (Wildman–Crippen MR) is 63.0 cm³/mol. The van der Waals surface area contributed by atoms with Gasteiger partial charge < -0.3 is 10.8 Å². The molecule has 3 N–H and O–H groups in total. The van der Waals surface area contributed by atoms with Crippen molar-refractivity contribution in [3.05, 3.63) is 0 Å². The van der Waals surface area contributed by atoms with Crippen LogP contribution in [0.3, 0.4) is 0 Å². The topological polar surface area (TPSA) is 63.3 Å². The van der Waals surface area contributed by atoms with Gasteiger partial charge in [0.2, 0.25) is 0 Å². The van der Waals surface area contributed by atoms with Gasteiger partial charge in [0.1, 0.15) is 0 Å². The fourth-order valence-corrected chi connectivity index (χ4v) is 3.82. The zero-order valence-electron chi connectivity index (χ0n) is 9.95. The first-order valence-corrected chi connectivity index (χ1v) is 6.57. The van der Waals surface area contributed by atoms with Crippen LogP contribution in [0.4, 0.5) is 0 Å². The monoisotopic (exact) mass is 225 g/mol. The molecule has 0 spiro atoms. The number of carboxylic acids is 1. The van der Waals surface area contributed by atoms with E-state index in [1.165, 1.54) is 32.1 Å². The smallest absolute Gasteiger partial charge is 0.303 e. The van der Waals surface area contributed by atoms with E-state index in [1.54, 1.807) is 0 Å². The molecule has 0 heterocycles. The Morgan fingerprint density at radius 3 is 2.56 bits per heavy atom. The lowest BCUT2D eigenvalue weighted by Gasteiger charge is -2.45. The summed E-state index contributed by atoms with van der Waals surface area (Å²) >= 11 is 0. The van der Waals surface area contributed by atoms with Crippen LogP contribution >= 0.6 is 0 Å². The molecule has 0 aromatic rings. The molecular formula is C13H23NO2. The molecule has 2 fully saturated rings. The third-order valence-corrected chi connectivity index (χ3v) is 4.77. The Hall–Kier alpha value is -0.570. The molecule has 0 aliphatic heterocycles. The number of aliphatic carboxylic acids is 1. The SMILES string of the molecule is NC[C@]1(CC(=O)O)CCC2CCCC[C@@H]2C1. The maximum atomic E-state index is 10.9. The molecular weight excluding hydrogens is 202 g/mol. The molecule has 92 valence electrons. The van der Waals surface area contributed by atoms with Crippen molar-refractivity contribution in [1.29, 1.82) is 0 Å². The summed E-state index contributed by atoms with van der Waals surface area (Å²) in [7, 11) is 0. The molecule has 3 nitrogen and oxygen atoms in total. The summed E-state index contributed by atoms with van der Waals surface area (Å²) in [4.78, 5) is 10.9. The van der Waals surface area contributed by atoms with E-state index in [9.17, 15) is 4.79 Å². The van der Waals surface area contributed by atoms with Gasteiger partial charge in [0, 0.05) is 0 Å². The van der Waals surface area contributed by atoms with Crippen LogP contribution in [0, 0.1) is 17.3 Å². The number of carboxylic acid groups (broad SMARTS) is 1. The number of hydrogen-bond donors (Lipinski definition) is 2. The Labute approximate surface area is 97.4 Å². The molecule has 2 rings (SSSR count). The fraction of sp³-hybridized carbons (Fsp3) is 0.923. The zero-order chi connectivity index (χ0) is 11.6. The molecule has 3 heteroatoms. The molecule has 2 saturated carbocycles. The fourth-order valence-electron chi connectivity index (χ4n) is 3.82. The second-order valence-corrected chi connectivity index (χ2v) is 5.82. The first-order chi connectivity index (χ1) is 7.65. The lowest BCUT2D eigenvalue weighted by molar-refractivity contribution is -0.141. The second kappa shape index (κ2) is 4.74. The van der Waals surface area contributed by atoms with E-state index in [2.05, 4.69) is 0 Å². The normalized spacial score (nSPS) is 39.1. The van der Waals surface area contributed by atoms with Crippen LogP contribution < -0.4 is 5.73 Å². The minimum atomic E-state index is -0.681. The van der Waals surface area contributed by atoms with Gasteiger partial charge in [0.05, 0.1) is 6.42 Å². The molecule has 2 aliphatic rings. The summed E-state index contributed by atoms with van der Waals surface area (Å²) in [5.74, 6) is 0.937. The molecule has 0 radical (unpaired) electrons. The summed E-state index contributed by atoms with van der Waals surface area (Å²) in [5.41, 5.74) is 5.75. The van der Waals surface area contributed by atoms with Gasteiger partial charge in [0.25, 0.3) is 0 Å². The molecule has 0 aromatic carbocycles. The maximum absolute atomic E-state index is 10.9. The summed E-state index contributed by atoms with van der Waals surface area (Å²) in [6, 6.07) is 0. The summed E-state index contributed by atoms with van der Waals surface area (Å²) in [5, 5.41) is 9.00. The van der Waals surface area contributed by atoms with Gasteiger partial charge in [-0.3, -0.25) is 4.79 Å². The van der Waals surface area contributed by atoms with Crippen molar-refractivity contribution in [2.75, 3.05) is 6.54 Å². The van der Waals surface area contributed by atoms with Crippen LogP contribution in [0.5, 0.6) is 0 Å². The minimum Gasteiger partial charge on any atom is -0.481 e. The molecule has 1 unspecified atom stereocenters. The third kappa shape index (κ3) is 2.40. The Morgan fingerprint density at radius 2 is 1.94 bits per heavy atom. The van der Waals surface area contributed by atoms with E-state index in [-0.39, 0.29) is 11.8 Å². The Kier molecular flexibility index (Phi) is 3.53. The maximum Gasteiger partial charge on any atom is 0.303 e. The van der Waals surface area contributed by atoms with E-state index >= 15 is 0 Å². The van der Waals surface area contributed by atoms with Gasteiger partial charge in [0.15, 0.2) is 0 Å². The predicted octanol–water partition coefficient (Wildman–Crippen LogP) is 2.40. The number of rotatable bonds is 3. The quantitative estimate of drug-likeness (QED) is 0.775. The van der Waals surface area contributed by atoms with Gasteiger partial charge in [-0.1, -0.05) is 25.7 Å². The molecule has 0 aromatic heterocycles. The van der Waals surface area contributed by atoms with Crippen LogP contribution in [-0.4, -0.2) is 17.6 Å². The van der Waals surface area contributed by atoms with Gasteiger partial charge in [-0.2, -0.15) is 0 Å². The first-order valence-electron chi connectivity index (χ1n) is 6.57. The largest absolute Gasteiger partial charge is 0.481 e. The highest BCUT2D eigenvalue weighted by atomic mass is 16.4. The Morgan fingerprint density at radius 1 is 1.25 bits per heavy atom. The summed E-state index contributed by atoms with van der Waals surface area (Å²) in [6.45, 7) is 0.544. The van der Waals surface area contributed by atoms with Crippen LogP contribution in [0.25, 0.3) is 0 Å². The van der Waals surface area contributed by atoms with Crippen molar-refractivity contribution in [2.45, 2.75) is 51.4 Å². The van der Waals surface area contributed by atoms with Gasteiger partial charge in [-0.05, 0) is 43.1 Å². The highest BCUT2D eigenvalue weighted by molar-refractivity contribution is 5.67. The van der Waals surface area contributed by atoms with Crippen molar-refractivity contribution in [2.24, 2.45) is 23.0 Å². The van der Waals surface area contributed by atoms with E-state index in [0.717, 1.165) is 24.7 Å². The second-order valence-electron chi connectivity index (χ2n) is 5.82. The third-order valence-electron chi connectivity index (χ3n) is 4.77. The van der Waals surface area contributed by atoms with Gasteiger partial charge >= 0.3 is 5.97 Å². The lowest BCUT2D eigenvalue weighted by atomic mass is 9.60. The number of carbonyl (C=O) groups is 1. The Balaban J connectivity index is 2.03. The average molecular weight is 225 g/mol. The van der Waals surface area contributed by atoms with Gasteiger partial charge in [-0.25, -0.2) is 0 Å². The number of hydrogen-bond acceptors (Lipinski definition) is 2. The molecule has 0 saturated heterocycles. The van der Waals surface area contributed by atoms with E-state index in [4.69, 9.17) is 10.8 Å². The number of fused-ring (bicyclic) bond motifs is 1. The molecule has 2 aliphatic carbocycles. The van der Waals surface area contributed by atoms with Crippen molar-refractivity contribution < 1.29 is 9.90 Å². The lowest BCUT2D eigenvalue weighted by Crippen LogP contribution is -2.41. The highest BCUT2D eigenvalue weighted by Gasteiger charge is 2.41. The summed E-state index contributed by atoms with van der Waals surface area (Å²) in [6.07, 6.45) is 8.91. The Bertz CT molecular complexity index is 267. The van der Waals surface area contributed by atoms with E-state index in [0.29, 0.717) is 6.54 Å².